The lowest BCUT2D eigenvalue weighted by molar-refractivity contribution is 0.184. The molecule has 0 radical (unpaired) electrons. The van der Waals surface area contributed by atoms with Gasteiger partial charge in [-0.2, -0.15) is 9.29 Å². The second-order valence-electron chi connectivity index (χ2n) is 8.67. The van der Waals surface area contributed by atoms with E-state index in [1.54, 1.807) is 29.2 Å². The van der Waals surface area contributed by atoms with E-state index >= 15 is 0 Å². The van der Waals surface area contributed by atoms with Crippen molar-refractivity contribution < 1.29 is 17.7 Å². The molecule has 0 spiro atoms. The number of nitrogens with one attached hydrogen (secondary N) is 1. The summed E-state index contributed by atoms with van der Waals surface area (Å²) in [5.41, 5.74) is 1.44. The van der Waals surface area contributed by atoms with Crippen LogP contribution in [0, 0.1) is 0 Å². The number of urea groups is 1. The van der Waals surface area contributed by atoms with Crippen LogP contribution in [0.15, 0.2) is 64.0 Å². The Hall–Kier alpha value is -3.24. The molecule has 2 saturated heterocycles. The Kier molecular flexibility index (Phi) is 6.34. The summed E-state index contributed by atoms with van der Waals surface area (Å²) in [6.45, 7) is 2.30. The Labute approximate surface area is 198 Å². The van der Waals surface area contributed by atoms with E-state index in [4.69, 9.17) is 4.52 Å². The number of para-hydroxylation sites is 1. The summed E-state index contributed by atoms with van der Waals surface area (Å²) in [5, 5.41) is 7.02. The molecule has 2 aliphatic rings. The summed E-state index contributed by atoms with van der Waals surface area (Å²) in [7, 11) is -3.46. The molecule has 0 unspecified atom stereocenters. The fraction of sp³-hybridized carbons (Fsp3) is 0.375. The van der Waals surface area contributed by atoms with Crippen molar-refractivity contribution in [1.82, 2.24) is 19.3 Å². The lowest BCUT2D eigenvalue weighted by Crippen LogP contribution is -2.41. The van der Waals surface area contributed by atoms with E-state index in [1.807, 2.05) is 30.3 Å². The van der Waals surface area contributed by atoms with Crippen molar-refractivity contribution in [2.24, 2.45) is 0 Å². The van der Waals surface area contributed by atoms with E-state index in [1.165, 1.54) is 4.31 Å². The van der Waals surface area contributed by atoms with Crippen molar-refractivity contribution in [2.45, 2.75) is 36.5 Å². The first-order valence-electron chi connectivity index (χ1n) is 11.6. The Bertz CT molecular complexity index is 1240. The van der Waals surface area contributed by atoms with E-state index < -0.39 is 10.0 Å². The minimum absolute atomic E-state index is 0.0497. The Balaban J connectivity index is 1.26. The van der Waals surface area contributed by atoms with E-state index in [-0.39, 0.29) is 16.8 Å². The molecule has 2 amide bonds. The summed E-state index contributed by atoms with van der Waals surface area (Å²) in [5.74, 6) is 0.846. The Morgan fingerprint density at radius 2 is 1.71 bits per heavy atom. The average molecular weight is 482 g/mol. The molecule has 34 heavy (non-hydrogen) atoms. The van der Waals surface area contributed by atoms with Gasteiger partial charge in [0.05, 0.1) is 10.8 Å². The third kappa shape index (κ3) is 4.69. The van der Waals surface area contributed by atoms with Crippen LogP contribution >= 0.6 is 0 Å². The highest BCUT2D eigenvalue weighted by Crippen LogP contribution is 2.29. The van der Waals surface area contributed by atoms with Gasteiger partial charge in [0.25, 0.3) is 0 Å². The second kappa shape index (κ2) is 9.55. The third-order valence-electron chi connectivity index (χ3n) is 6.34. The number of aromatic nitrogens is 2. The lowest BCUT2D eigenvalue weighted by Gasteiger charge is -2.31. The van der Waals surface area contributed by atoms with E-state index in [2.05, 4.69) is 15.5 Å². The van der Waals surface area contributed by atoms with Gasteiger partial charge in [-0.05, 0) is 62.1 Å². The highest BCUT2D eigenvalue weighted by Gasteiger charge is 2.30. The summed E-state index contributed by atoms with van der Waals surface area (Å²) in [6, 6.07) is 15.8. The minimum Gasteiger partial charge on any atom is -0.339 e. The fourth-order valence-corrected chi connectivity index (χ4v) is 5.98. The zero-order valence-corrected chi connectivity index (χ0v) is 19.6. The minimum atomic E-state index is -3.46. The summed E-state index contributed by atoms with van der Waals surface area (Å²) in [4.78, 5) is 19.3. The average Bonchev–Trinajstić information content (AvgIpc) is 3.58. The van der Waals surface area contributed by atoms with E-state index in [0.717, 1.165) is 31.4 Å². The molecule has 10 heteroatoms. The highest BCUT2D eigenvalue weighted by atomic mass is 32.2. The fourth-order valence-electron chi connectivity index (χ4n) is 4.46. The maximum atomic E-state index is 12.7. The van der Waals surface area contributed by atoms with Crippen LogP contribution in [0.25, 0.3) is 11.4 Å². The Morgan fingerprint density at radius 3 is 2.44 bits per heavy atom. The van der Waals surface area contributed by atoms with Gasteiger partial charge in [0, 0.05) is 37.4 Å². The zero-order valence-electron chi connectivity index (χ0n) is 18.8. The Morgan fingerprint density at radius 1 is 0.971 bits per heavy atom. The van der Waals surface area contributed by atoms with Crippen molar-refractivity contribution in [3.05, 3.63) is 60.5 Å². The van der Waals surface area contributed by atoms with Gasteiger partial charge >= 0.3 is 6.03 Å². The van der Waals surface area contributed by atoms with Gasteiger partial charge in [-0.15, -0.1) is 0 Å². The number of rotatable bonds is 5. The number of amides is 2. The molecule has 1 aromatic heterocycles. The summed E-state index contributed by atoms with van der Waals surface area (Å²) in [6.07, 6.45) is 3.49. The number of hydrogen-bond acceptors (Lipinski definition) is 6. The van der Waals surface area contributed by atoms with Crippen LogP contribution in [-0.4, -0.2) is 60.0 Å². The first-order valence-corrected chi connectivity index (χ1v) is 13.0. The van der Waals surface area contributed by atoms with Gasteiger partial charge in [-0.25, -0.2) is 13.2 Å². The lowest BCUT2D eigenvalue weighted by atomic mass is 9.98. The number of nitrogens with zero attached hydrogens (tertiary/aromatic N) is 4. The van der Waals surface area contributed by atoms with E-state index in [9.17, 15) is 13.2 Å². The van der Waals surface area contributed by atoms with Crippen LogP contribution < -0.4 is 5.32 Å². The van der Waals surface area contributed by atoms with Crippen molar-refractivity contribution in [3.63, 3.8) is 0 Å². The topological polar surface area (TPSA) is 109 Å². The normalized spacial score (nSPS) is 19.3. The number of piperidine rings is 1. The van der Waals surface area contributed by atoms with Crippen molar-refractivity contribution in [1.29, 1.82) is 0 Å². The molecule has 5 rings (SSSR count). The van der Waals surface area contributed by atoms with Crippen molar-refractivity contribution in [3.8, 4) is 11.4 Å². The summed E-state index contributed by atoms with van der Waals surface area (Å²) < 4.78 is 32.5. The smallest absolute Gasteiger partial charge is 0.321 e. The number of likely N-dealkylation sites (tertiary alicyclic amines) is 1. The molecular formula is C24H27N5O4S. The summed E-state index contributed by atoms with van der Waals surface area (Å²) >= 11 is 0. The van der Waals surface area contributed by atoms with Gasteiger partial charge < -0.3 is 14.7 Å². The molecule has 0 saturated carbocycles. The molecule has 0 aliphatic carbocycles. The van der Waals surface area contributed by atoms with Crippen molar-refractivity contribution >= 4 is 21.7 Å². The van der Waals surface area contributed by atoms with Gasteiger partial charge in [-0.3, -0.25) is 0 Å². The van der Waals surface area contributed by atoms with Crippen LogP contribution in [0.2, 0.25) is 0 Å². The van der Waals surface area contributed by atoms with Crippen LogP contribution in [0.1, 0.15) is 37.5 Å². The standard InChI is InChI=1S/C24H27N5O4S/c30-24(25-20-8-2-1-3-9-20)28-14-6-7-19(17-28)23-26-22(27-33-23)18-10-12-21(13-11-18)34(31,32)29-15-4-5-16-29/h1-3,8-13,19H,4-7,14-17H2,(H,25,30)/t19-/m0/s1. The first-order chi connectivity index (χ1) is 16.5. The molecule has 2 aliphatic heterocycles. The first kappa shape index (κ1) is 22.5. The molecule has 2 fully saturated rings. The number of carbonyl (C=O) groups excluding carboxylic acids is 1. The molecular weight excluding hydrogens is 454 g/mol. The molecule has 2 aromatic carbocycles. The largest absolute Gasteiger partial charge is 0.339 e. The maximum Gasteiger partial charge on any atom is 0.321 e. The molecule has 1 atom stereocenters. The number of hydrogen-bond donors (Lipinski definition) is 1. The number of anilines is 1. The molecule has 1 N–H and O–H groups in total. The van der Waals surface area contributed by atoms with Crippen molar-refractivity contribution in [2.75, 3.05) is 31.5 Å². The predicted molar refractivity (Wildman–Crippen MR) is 127 cm³/mol. The molecule has 9 nitrogen and oxygen atoms in total. The molecule has 178 valence electrons. The highest BCUT2D eigenvalue weighted by molar-refractivity contribution is 7.89. The van der Waals surface area contributed by atoms with Gasteiger partial charge in [0.2, 0.25) is 21.7 Å². The predicted octanol–water partition coefficient (Wildman–Crippen LogP) is 3.93. The van der Waals surface area contributed by atoms with Crippen LogP contribution in [-0.2, 0) is 10.0 Å². The number of sulfonamides is 1. The maximum absolute atomic E-state index is 12.7. The zero-order chi connectivity index (χ0) is 23.5. The van der Waals surface area contributed by atoms with Gasteiger partial charge in [0.15, 0.2) is 0 Å². The van der Waals surface area contributed by atoms with Crippen LogP contribution in [0.4, 0.5) is 10.5 Å². The molecule has 3 aromatic rings. The number of benzene rings is 2. The quantitative estimate of drug-likeness (QED) is 0.591. The monoisotopic (exact) mass is 481 g/mol. The van der Waals surface area contributed by atoms with Gasteiger partial charge in [0.1, 0.15) is 0 Å². The molecule has 0 bridgehead atoms. The van der Waals surface area contributed by atoms with Crippen LogP contribution in [0.5, 0.6) is 0 Å². The number of carbonyl (C=O) groups is 1. The molecule has 3 heterocycles. The second-order valence-corrected chi connectivity index (χ2v) is 10.6. The van der Waals surface area contributed by atoms with E-state index in [0.29, 0.717) is 43.5 Å². The third-order valence-corrected chi connectivity index (χ3v) is 8.25. The van der Waals surface area contributed by atoms with Crippen LogP contribution in [0.3, 0.4) is 0 Å². The van der Waals surface area contributed by atoms with Gasteiger partial charge in [-0.1, -0.05) is 23.4 Å². The SMILES string of the molecule is O=C(Nc1ccccc1)N1CCC[C@H](c2nc(-c3ccc(S(=O)(=O)N4CCCC4)cc3)no2)C1.